The second kappa shape index (κ2) is 7.18. The summed E-state index contributed by atoms with van der Waals surface area (Å²) in [4.78, 5) is -0.0117. The van der Waals surface area contributed by atoms with Gasteiger partial charge in [-0.1, -0.05) is 41.1 Å². The van der Waals surface area contributed by atoms with Crippen LogP contribution in [0.2, 0.25) is 0 Å². The van der Waals surface area contributed by atoms with Gasteiger partial charge in [0.15, 0.2) is 0 Å². The largest absolute Gasteiger partial charge is 0.490 e. The van der Waals surface area contributed by atoms with Crippen molar-refractivity contribution in [3.63, 3.8) is 0 Å². The van der Waals surface area contributed by atoms with Crippen LogP contribution in [-0.2, 0) is 6.18 Å². The molecule has 1 nitrogen and oxygen atoms in total. The Bertz CT molecular complexity index is 746. The summed E-state index contributed by atoms with van der Waals surface area (Å²) in [7, 11) is 0. The van der Waals surface area contributed by atoms with Crippen molar-refractivity contribution in [1.82, 2.24) is 0 Å². The van der Waals surface area contributed by atoms with Crippen molar-refractivity contribution < 1.29 is 17.9 Å². The SMILES string of the molecule is CC(Br)c1ccc2ccc(O[C@H]3CC[C@@H](C)CC3)c(C(F)(F)F)c2c1. The molecule has 5 heteroatoms. The monoisotopic (exact) mass is 414 g/mol. The average Bonchev–Trinajstić information content (AvgIpc) is 2.55. The highest BCUT2D eigenvalue weighted by Crippen LogP contribution is 2.43. The van der Waals surface area contributed by atoms with Crippen LogP contribution >= 0.6 is 15.9 Å². The van der Waals surface area contributed by atoms with Gasteiger partial charge in [0.25, 0.3) is 0 Å². The predicted molar refractivity (Wildman–Crippen MR) is 98.3 cm³/mol. The lowest BCUT2D eigenvalue weighted by Crippen LogP contribution is -2.24. The zero-order valence-electron chi connectivity index (χ0n) is 14.4. The molecule has 1 fully saturated rings. The quantitative estimate of drug-likeness (QED) is 0.479. The molecule has 25 heavy (non-hydrogen) atoms. The van der Waals surface area contributed by atoms with Crippen molar-refractivity contribution in [1.29, 1.82) is 0 Å². The van der Waals surface area contributed by atoms with Crippen LogP contribution in [0, 0.1) is 5.92 Å². The van der Waals surface area contributed by atoms with Gasteiger partial charge in [0.05, 0.1) is 6.10 Å². The maximum absolute atomic E-state index is 13.8. The van der Waals surface area contributed by atoms with Crippen LogP contribution in [0.15, 0.2) is 30.3 Å². The van der Waals surface area contributed by atoms with Crippen molar-refractivity contribution in [2.24, 2.45) is 5.92 Å². The van der Waals surface area contributed by atoms with Crippen LogP contribution in [-0.4, -0.2) is 6.10 Å². The maximum atomic E-state index is 13.8. The molecule has 2 aromatic carbocycles. The maximum Gasteiger partial charge on any atom is 0.420 e. The van der Waals surface area contributed by atoms with Crippen LogP contribution < -0.4 is 4.74 Å². The molecule has 136 valence electrons. The molecule has 0 saturated heterocycles. The van der Waals surface area contributed by atoms with Crippen LogP contribution in [0.5, 0.6) is 5.75 Å². The lowest BCUT2D eigenvalue weighted by molar-refractivity contribution is -0.138. The van der Waals surface area contributed by atoms with Gasteiger partial charge >= 0.3 is 6.18 Å². The first kappa shape index (κ1) is 18.6. The first-order valence-corrected chi connectivity index (χ1v) is 9.62. The van der Waals surface area contributed by atoms with Gasteiger partial charge in [-0.05, 0) is 67.0 Å². The van der Waals surface area contributed by atoms with E-state index in [1.54, 1.807) is 18.2 Å². The Morgan fingerprint density at radius 3 is 2.32 bits per heavy atom. The average molecular weight is 415 g/mol. The number of hydrogen-bond acceptors (Lipinski definition) is 1. The minimum absolute atomic E-state index is 0.0117. The van der Waals surface area contributed by atoms with E-state index in [9.17, 15) is 13.2 Å². The summed E-state index contributed by atoms with van der Waals surface area (Å²) in [6, 6.07) is 8.40. The van der Waals surface area contributed by atoms with E-state index < -0.39 is 11.7 Å². The van der Waals surface area contributed by atoms with Gasteiger partial charge < -0.3 is 4.74 Å². The topological polar surface area (TPSA) is 9.23 Å². The van der Waals surface area contributed by atoms with Crippen molar-refractivity contribution in [2.75, 3.05) is 0 Å². The predicted octanol–water partition coefficient (Wildman–Crippen LogP) is 7.27. The Morgan fingerprint density at radius 1 is 1.08 bits per heavy atom. The second-order valence-electron chi connectivity index (χ2n) is 7.03. The van der Waals surface area contributed by atoms with E-state index in [4.69, 9.17) is 4.74 Å². The standard InChI is InChI=1S/C20H22BrF3O/c1-12-3-8-16(9-4-12)25-18-10-7-14-5-6-15(13(2)21)11-17(14)19(18)20(22,23)24/h5-7,10-13,16H,3-4,8-9H2,1-2H3/t12-,13?,16+. The van der Waals surface area contributed by atoms with Gasteiger partial charge in [-0.3, -0.25) is 0 Å². The summed E-state index contributed by atoms with van der Waals surface area (Å²) < 4.78 is 47.3. The molecule has 0 amide bonds. The third-order valence-electron chi connectivity index (χ3n) is 5.01. The molecule has 0 N–H and O–H groups in total. The van der Waals surface area contributed by atoms with Crippen molar-refractivity contribution in [3.8, 4) is 5.75 Å². The van der Waals surface area contributed by atoms with Crippen LogP contribution in [0.4, 0.5) is 13.2 Å². The number of alkyl halides is 4. The molecule has 1 aliphatic rings. The summed E-state index contributed by atoms with van der Waals surface area (Å²) in [6.45, 7) is 4.08. The molecular formula is C20H22BrF3O. The lowest BCUT2D eigenvalue weighted by Gasteiger charge is -2.28. The summed E-state index contributed by atoms with van der Waals surface area (Å²) in [5, 5.41) is 0.784. The Morgan fingerprint density at radius 2 is 1.72 bits per heavy atom. The molecule has 0 aromatic heterocycles. The van der Waals surface area contributed by atoms with Crippen LogP contribution in [0.3, 0.4) is 0 Å². The van der Waals surface area contributed by atoms with E-state index >= 15 is 0 Å². The number of rotatable bonds is 3. The van der Waals surface area contributed by atoms with Crippen LogP contribution in [0.25, 0.3) is 10.8 Å². The minimum atomic E-state index is -4.45. The molecule has 0 bridgehead atoms. The van der Waals surface area contributed by atoms with E-state index in [0.29, 0.717) is 11.3 Å². The van der Waals surface area contributed by atoms with Crippen LogP contribution in [0.1, 0.15) is 55.5 Å². The van der Waals surface area contributed by atoms with E-state index in [1.165, 1.54) is 6.07 Å². The fraction of sp³-hybridized carbons (Fsp3) is 0.500. The summed E-state index contributed by atoms with van der Waals surface area (Å²) in [6.07, 6.45) is -0.946. The number of hydrogen-bond donors (Lipinski definition) is 0. The fourth-order valence-electron chi connectivity index (χ4n) is 3.48. The smallest absolute Gasteiger partial charge is 0.420 e. The zero-order chi connectivity index (χ0) is 18.2. The first-order valence-electron chi connectivity index (χ1n) is 8.70. The third kappa shape index (κ3) is 4.13. The molecule has 1 atom stereocenters. The highest BCUT2D eigenvalue weighted by molar-refractivity contribution is 9.09. The normalized spacial score (nSPS) is 22.8. The van der Waals surface area contributed by atoms with Gasteiger partial charge in [0, 0.05) is 4.83 Å². The summed E-state index contributed by atoms with van der Waals surface area (Å²) in [5.41, 5.74) is 0.167. The van der Waals surface area contributed by atoms with Crippen molar-refractivity contribution >= 4 is 26.7 Å². The Kier molecular flexibility index (Phi) is 5.33. The number of benzene rings is 2. The molecule has 1 saturated carbocycles. The fourth-order valence-corrected chi connectivity index (χ4v) is 3.77. The van der Waals surface area contributed by atoms with Gasteiger partial charge in [0.2, 0.25) is 0 Å². The summed E-state index contributed by atoms with van der Waals surface area (Å²) >= 11 is 3.43. The van der Waals surface area contributed by atoms with E-state index in [2.05, 4.69) is 22.9 Å². The molecule has 0 spiro atoms. The van der Waals surface area contributed by atoms with Crippen molar-refractivity contribution in [2.45, 2.75) is 56.6 Å². The first-order chi connectivity index (χ1) is 11.8. The number of halogens is 4. The van der Waals surface area contributed by atoms with E-state index in [0.717, 1.165) is 31.2 Å². The molecule has 0 aliphatic heterocycles. The van der Waals surface area contributed by atoms with E-state index in [-0.39, 0.29) is 22.1 Å². The van der Waals surface area contributed by atoms with Gasteiger partial charge in [-0.2, -0.15) is 13.2 Å². The Balaban J connectivity index is 2.05. The molecule has 2 aromatic rings. The lowest BCUT2D eigenvalue weighted by atomic mass is 9.89. The highest BCUT2D eigenvalue weighted by atomic mass is 79.9. The van der Waals surface area contributed by atoms with Gasteiger partial charge in [0.1, 0.15) is 11.3 Å². The highest BCUT2D eigenvalue weighted by Gasteiger charge is 2.37. The Hall–Kier alpha value is -1.23. The number of fused-ring (bicyclic) bond motifs is 1. The molecule has 0 radical (unpaired) electrons. The zero-order valence-corrected chi connectivity index (χ0v) is 16.0. The van der Waals surface area contributed by atoms with E-state index in [1.807, 2.05) is 13.0 Å². The third-order valence-corrected chi connectivity index (χ3v) is 5.54. The molecule has 1 aliphatic carbocycles. The van der Waals surface area contributed by atoms with Gasteiger partial charge in [-0.15, -0.1) is 0 Å². The number of ether oxygens (including phenoxy) is 1. The second-order valence-corrected chi connectivity index (χ2v) is 8.41. The molecule has 1 unspecified atom stereocenters. The minimum Gasteiger partial charge on any atom is -0.490 e. The molecule has 3 rings (SSSR count). The van der Waals surface area contributed by atoms with Crippen molar-refractivity contribution in [3.05, 3.63) is 41.5 Å². The van der Waals surface area contributed by atoms with Gasteiger partial charge in [-0.25, -0.2) is 0 Å². The molecule has 0 heterocycles. The summed E-state index contributed by atoms with van der Waals surface area (Å²) in [5.74, 6) is 0.584. The molecular weight excluding hydrogens is 393 g/mol. The Labute approximate surface area is 154 Å².